The largest absolute Gasteiger partial charge is 0.492 e. The Balaban J connectivity index is 1.77. The summed E-state index contributed by atoms with van der Waals surface area (Å²) in [6.45, 7) is 0.522. The normalized spacial score (nSPS) is 9.96. The van der Waals surface area contributed by atoms with Crippen LogP contribution in [0.15, 0.2) is 41.0 Å². The topological polar surface area (TPSA) is 75.0 Å². The summed E-state index contributed by atoms with van der Waals surface area (Å²) in [6.07, 6.45) is 1.72. The van der Waals surface area contributed by atoms with E-state index in [0.29, 0.717) is 22.9 Å². The molecule has 0 radical (unpaired) electrons. The molecule has 1 aromatic carbocycles. The molecule has 0 spiro atoms. The summed E-state index contributed by atoms with van der Waals surface area (Å²) < 4.78 is 6.28. The number of hydrogen-bond donors (Lipinski definition) is 1. The van der Waals surface area contributed by atoms with E-state index >= 15 is 0 Å². The maximum atomic E-state index is 11.8. The minimum absolute atomic E-state index is 0.155. The number of ether oxygens (including phenoxy) is 1. The fraction of sp³-hybridized carbons (Fsp3) is 0.188. The third-order valence-corrected chi connectivity index (χ3v) is 3.62. The van der Waals surface area contributed by atoms with Crippen LogP contribution in [0.4, 0.5) is 0 Å². The van der Waals surface area contributed by atoms with Gasteiger partial charge in [0.25, 0.3) is 0 Å². The molecule has 1 N–H and O–H groups in total. The van der Waals surface area contributed by atoms with Crippen molar-refractivity contribution in [1.29, 1.82) is 5.26 Å². The van der Waals surface area contributed by atoms with E-state index in [0.717, 1.165) is 10.2 Å². The lowest BCUT2D eigenvalue weighted by molar-refractivity contribution is -0.121. The van der Waals surface area contributed by atoms with Crippen LogP contribution in [0.2, 0.25) is 5.02 Å². The number of halogens is 2. The van der Waals surface area contributed by atoms with Gasteiger partial charge < -0.3 is 10.1 Å². The van der Waals surface area contributed by atoms with Crippen molar-refractivity contribution < 1.29 is 9.53 Å². The van der Waals surface area contributed by atoms with E-state index in [1.165, 1.54) is 6.20 Å². The minimum atomic E-state index is -0.155. The van der Waals surface area contributed by atoms with Gasteiger partial charge in [0.2, 0.25) is 5.91 Å². The Kier molecular flexibility index (Phi) is 6.39. The predicted molar refractivity (Wildman–Crippen MR) is 90.1 cm³/mol. The van der Waals surface area contributed by atoms with Crippen molar-refractivity contribution in [3.8, 4) is 11.8 Å². The molecule has 0 fully saturated rings. The molecule has 0 aliphatic carbocycles. The lowest BCUT2D eigenvalue weighted by atomic mass is 10.2. The van der Waals surface area contributed by atoms with Crippen LogP contribution in [0.5, 0.6) is 5.75 Å². The van der Waals surface area contributed by atoms with Crippen molar-refractivity contribution in [3.05, 3.63) is 57.3 Å². The summed E-state index contributed by atoms with van der Waals surface area (Å²) in [4.78, 5) is 15.9. The summed E-state index contributed by atoms with van der Waals surface area (Å²) in [7, 11) is 0. The molecule has 0 bridgehead atoms. The summed E-state index contributed by atoms with van der Waals surface area (Å²) >= 11 is 9.03. The highest BCUT2D eigenvalue weighted by Gasteiger charge is 2.06. The van der Waals surface area contributed by atoms with Crippen LogP contribution < -0.4 is 10.1 Å². The first kappa shape index (κ1) is 17.3. The molecule has 0 saturated heterocycles. The van der Waals surface area contributed by atoms with Crippen molar-refractivity contribution in [1.82, 2.24) is 10.3 Å². The summed E-state index contributed by atoms with van der Waals surface area (Å²) in [5, 5.41) is 12.3. The van der Waals surface area contributed by atoms with Gasteiger partial charge in [-0.1, -0.05) is 27.5 Å². The van der Waals surface area contributed by atoms with Crippen LogP contribution in [0.25, 0.3) is 0 Å². The van der Waals surface area contributed by atoms with Crippen molar-refractivity contribution >= 4 is 33.4 Å². The summed E-state index contributed by atoms with van der Waals surface area (Å²) in [5.74, 6) is 0.306. The van der Waals surface area contributed by atoms with Crippen LogP contribution in [0, 0.1) is 11.3 Å². The van der Waals surface area contributed by atoms with Crippen molar-refractivity contribution in [2.24, 2.45) is 0 Å². The number of nitrogens with one attached hydrogen (secondary N) is 1. The zero-order valence-corrected chi connectivity index (χ0v) is 14.4. The molecule has 7 heteroatoms. The van der Waals surface area contributed by atoms with Gasteiger partial charge in [-0.3, -0.25) is 9.78 Å². The highest BCUT2D eigenvalue weighted by atomic mass is 79.9. The highest BCUT2D eigenvalue weighted by Crippen LogP contribution is 2.22. The molecule has 0 atom stereocenters. The number of pyridine rings is 1. The van der Waals surface area contributed by atoms with E-state index in [2.05, 4.69) is 32.3 Å². The van der Waals surface area contributed by atoms with Gasteiger partial charge in [-0.05, 0) is 30.3 Å². The number of carbonyl (C=O) groups excluding carboxylic acids is 1. The Hall–Kier alpha value is -2.10. The molecule has 2 rings (SSSR count). The average molecular weight is 395 g/mol. The molecule has 2 aromatic rings. The Morgan fingerprint density at radius 1 is 1.39 bits per heavy atom. The molecule has 118 valence electrons. The molecular weight excluding hydrogens is 382 g/mol. The molecule has 1 amide bonds. The summed E-state index contributed by atoms with van der Waals surface area (Å²) in [6, 6.07) is 10.7. The Labute approximate surface area is 147 Å². The van der Waals surface area contributed by atoms with Gasteiger partial charge in [-0.15, -0.1) is 0 Å². The van der Waals surface area contributed by atoms with Gasteiger partial charge in [0.1, 0.15) is 11.8 Å². The zero-order valence-electron chi connectivity index (χ0n) is 12.1. The second-order valence-corrected chi connectivity index (χ2v) is 5.95. The standard InChI is InChI=1S/C16H13BrClN3O2/c17-12-1-4-15(11(7-12)8-19)23-6-5-16(22)21-10-14-3-2-13(18)9-20-14/h1-4,7,9H,5-6,10H2,(H,21,22). The molecule has 0 aliphatic heterocycles. The van der Waals surface area contributed by atoms with Gasteiger partial charge in [0.05, 0.1) is 35.9 Å². The third-order valence-electron chi connectivity index (χ3n) is 2.90. The van der Waals surface area contributed by atoms with Crippen LogP contribution >= 0.6 is 27.5 Å². The molecule has 1 aromatic heterocycles. The first-order valence-electron chi connectivity index (χ1n) is 6.78. The number of nitriles is 1. The van der Waals surface area contributed by atoms with Crippen LogP contribution in [0.3, 0.4) is 0 Å². The molecule has 23 heavy (non-hydrogen) atoms. The predicted octanol–water partition coefficient (Wildman–Crippen LogP) is 3.45. The van der Waals surface area contributed by atoms with Gasteiger partial charge in [0, 0.05) is 10.7 Å². The van der Waals surface area contributed by atoms with E-state index in [1.54, 1.807) is 30.3 Å². The monoisotopic (exact) mass is 393 g/mol. The first-order chi connectivity index (χ1) is 11.1. The Bertz CT molecular complexity index is 729. The van der Waals surface area contributed by atoms with Gasteiger partial charge in [0.15, 0.2) is 0 Å². The zero-order chi connectivity index (χ0) is 16.7. The van der Waals surface area contributed by atoms with Crippen LogP contribution in [-0.2, 0) is 11.3 Å². The number of amides is 1. The van der Waals surface area contributed by atoms with E-state index < -0.39 is 0 Å². The molecular formula is C16H13BrClN3O2. The Morgan fingerprint density at radius 2 is 2.22 bits per heavy atom. The molecule has 0 unspecified atom stereocenters. The van der Waals surface area contributed by atoms with Crippen molar-refractivity contribution in [3.63, 3.8) is 0 Å². The first-order valence-corrected chi connectivity index (χ1v) is 7.95. The van der Waals surface area contributed by atoms with Crippen LogP contribution in [-0.4, -0.2) is 17.5 Å². The number of nitrogens with zero attached hydrogens (tertiary/aromatic N) is 2. The minimum Gasteiger partial charge on any atom is -0.492 e. The number of carbonyl (C=O) groups is 1. The number of benzene rings is 1. The van der Waals surface area contributed by atoms with Crippen LogP contribution in [0.1, 0.15) is 17.7 Å². The molecule has 5 nitrogen and oxygen atoms in total. The fourth-order valence-corrected chi connectivity index (χ4v) is 2.23. The second-order valence-electron chi connectivity index (χ2n) is 4.60. The van der Waals surface area contributed by atoms with Crippen molar-refractivity contribution in [2.45, 2.75) is 13.0 Å². The quantitative estimate of drug-likeness (QED) is 0.814. The number of rotatable bonds is 6. The maximum Gasteiger partial charge on any atom is 0.223 e. The van der Waals surface area contributed by atoms with Gasteiger partial charge in [-0.25, -0.2) is 0 Å². The lowest BCUT2D eigenvalue weighted by Crippen LogP contribution is -2.24. The SMILES string of the molecule is N#Cc1cc(Br)ccc1OCCC(=O)NCc1ccc(Cl)cn1. The maximum absolute atomic E-state index is 11.8. The lowest BCUT2D eigenvalue weighted by Gasteiger charge is -2.08. The number of hydrogen-bond acceptors (Lipinski definition) is 4. The molecule has 0 saturated carbocycles. The van der Waals surface area contributed by atoms with Gasteiger partial charge in [-0.2, -0.15) is 5.26 Å². The van der Waals surface area contributed by atoms with E-state index in [-0.39, 0.29) is 18.9 Å². The highest BCUT2D eigenvalue weighted by molar-refractivity contribution is 9.10. The van der Waals surface area contributed by atoms with E-state index in [1.807, 2.05) is 0 Å². The average Bonchev–Trinajstić information content (AvgIpc) is 2.55. The second kappa shape index (κ2) is 8.51. The van der Waals surface area contributed by atoms with E-state index in [9.17, 15) is 4.79 Å². The summed E-state index contributed by atoms with van der Waals surface area (Å²) in [5.41, 5.74) is 1.15. The van der Waals surface area contributed by atoms with E-state index in [4.69, 9.17) is 21.6 Å². The van der Waals surface area contributed by atoms with Gasteiger partial charge >= 0.3 is 0 Å². The van der Waals surface area contributed by atoms with Crippen molar-refractivity contribution in [2.75, 3.05) is 6.61 Å². The smallest absolute Gasteiger partial charge is 0.223 e. The molecule has 0 aliphatic rings. The fourth-order valence-electron chi connectivity index (χ4n) is 1.76. The third kappa shape index (κ3) is 5.55. The number of aromatic nitrogens is 1. The Morgan fingerprint density at radius 3 is 2.91 bits per heavy atom. The molecule has 1 heterocycles.